The van der Waals surface area contributed by atoms with Crippen LogP contribution in [0.5, 0.6) is 0 Å². The summed E-state index contributed by atoms with van der Waals surface area (Å²) in [6.07, 6.45) is 6.42. The lowest BCUT2D eigenvalue weighted by molar-refractivity contribution is -0.141. The van der Waals surface area contributed by atoms with E-state index in [-0.39, 0.29) is 33.8 Å². The molecule has 4 heteroatoms. The molecule has 4 aliphatic carbocycles. The van der Waals surface area contributed by atoms with Gasteiger partial charge in [0.25, 0.3) is 0 Å². The molecule has 6 atom stereocenters. The normalized spacial score (nSPS) is 50.9. The van der Waals surface area contributed by atoms with E-state index in [1.54, 1.807) is 0 Å². The molecular weight excluding hydrogens is 256 g/mol. The number of carboxylic acid groups (broad SMARTS) is 2. The van der Waals surface area contributed by atoms with Crippen molar-refractivity contribution >= 4 is 11.9 Å². The highest BCUT2D eigenvalue weighted by atomic mass is 16.4. The first-order valence-corrected chi connectivity index (χ1v) is 7.21. The molecule has 0 radical (unpaired) electrons. The van der Waals surface area contributed by atoms with Crippen molar-refractivity contribution in [2.75, 3.05) is 0 Å². The number of rotatable bonds is 2. The summed E-state index contributed by atoms with van der Waals surface area (Å²) in [6.45, 7) is 4.40. The van der Waals surface area contributed by atoms with Gasteiger partial charge >= 0.3 is 11.9 Å². The third-order valence-corrected chi connectivity index (χ3v) is 6.93. The fourth-order valence-electron chi connectivity index (χ4n) is 6.03. The van der Waals surface area contributed by atoms with Gasteiger partial charge in [0.1, 0.15) is 0 Å². The zero-order valence-corrected chi connectivity index (χ0v) is 11.6. The number of carboxylic acids is 2. The summed E-state index contributed by atoms with van der Waals surface area (Å²) < 4.78 is 0. The number of carbonyl (C=O) groups is 2. The molecule has 106 valence electrons. The quantitative estimate of drug-likeness (QED) is 0.758. The monoisotopic (exact) mass is 274 g/mol. The molecule has 0 saturated heterocycles. The summed E-state index contributed by atoms with van der Waals surface area (Å²) in [5.74, 6) is -1.38. The molecule has 20 heavy (non-hydrogen) atoms. The van der Waals surface area contributed by atoms with Gasteiger partial charge in [0.15, 0.2) is 0 Å². The van der Waals surface area contributed by atoms with Crippen LogP contribution >= 0.6 is 0 Å². The van der Waals surface area contributed by atoms with Gasteiger partial charge in [-0.1, -0.05) is 26.0 Å². The Morgan fingerprint density at radius 3 is 2.45 bits per heavy atom. The van der Waals surface area contributed by atoms with Gasteiger partial charge in [-0.25, -0.2) is 9.59 Å². The van der Waals surface area contributed by atoms with Crippen LogP contribution in [0.3, 0.4) is 0 Å². The molecule has 0 heterocycles. The molecule has 4 aliphatic rings. The number of hydrogen-bond donors (Lipinski definition) is 2. The molecular formula is C16H18O4. The highest BCUT2D eigenvalue weighted by Crippen LogP contribution is 2.79. The van der Waals surface area contributed by atoms with Crippen molar-refractivity contribution in [1.82, 2.24) is 0 Å². The molecule has 0 aliphatic heterocycles. The Balaban J connectivity index is 1.89. The van der Waals surface area contributed by atoms with E-state index in [1.165, 1.54) is 0 Å². The molecule has 2 bridgehead atoms. The maximum atomic E-state index is 11.5. The predicted octanol–water partition coefficient (Wildman–Crippen LogP) is 2.32. The van der Waals surface area contributed by atoms with Gasteiger partial charge in [0, 0.05) is 11.8 Å². The Morgan fingerprint density at radius 1 is 1.20 bits per heavy atom. The molecule has 0 aromatic heterocycles. The number of fused-ring (bicyclic) bond motifs is 8. The first kappa shape index (κ1) is 12.2. The van der Waals surface area contributed by atoms with Crippen LogP contribution < -0.4 is 0 Å². The van der Waals surface area contributed by atoms with Crippen LogP contribution in [-0.4, -0.2) is 22.2 Å². The first-order valence-electron chi connectivity index (χ1n) is 7.21. The van der Waals surface area contributed by atoms with Crippen molar-refractivity contribution < 1.29 is 19.8 Å². The minimum atomic E-state index is -1.04. The lowest BCUT2D eigenvalue weighted by Crippen LogP contribution is -2.53. The number of aliphatic carboxylic acids is 2. The first-order chi connectivity index (χ1) is 9.33. The van der Waals surface area contributed by atoms with Crippen molar-refractivity contribution in [2.24, 2.45) is 34.5 Å². The lowest BCUT2D eigenvalue weighted by atomic mass is 9.47. The summed E-state index contributed by atoms with van der Waals surface area (Å²) in [6, 6.07) is 0. The van der Waals surface area contributed by atoms with Crippen molar-refractivity contribution in [3.05, 3.63) is 23.3 Å². The second kappa shape index (κ2) is 3.18. The zero-order valence-electron chi connectivity index (χ0n) is 11.6. The smallest absolute Gasteiger partial charge is 0.332 e. The van der Waals surface area contributed by atoms with Crippen molar-refractivity contribution in [3.8, 4) is 0 Å². The summed E-state index contributed by atoms with van der Waals surface area (Å²) >= 11 is 0. The minimum Gasteiger partial charge on any atom is -0.478 e. The van der Waals surface area contributed by atoms with Crippen LogP contribution in [-0.2, 0) is 9.59 Å². The molecule has 2 fully saturated rings. The summed E-state index contributed by atoms with van der Waals surface area (Å²) in [4.78, 5) is 23.0. The van der Waals surface area contributed by atoms with Crippen molar-refractivity contribution in [3.63, 3.8) is 0 Å². The second-order valence-corrected chi connectivity index (χ2v) is 7.25. The molecule has 4 nitrogen and oxygen atoms in total. The maximum Gasteiger partial charge on any atom is 0.332 e. The third kappa shape index (κ3) is 0.971. The average Bonchev–Trinajstić information content (AvgIpc) is 2.83. The molecule has 4 rings (SSSR count). The van der Waals surface area contributed by atoms with E-state index < -0.39 is 11.9 Å². The van der Waals surface area contributed by atoms with Crippen molar-refractivity contribution in [1.29, 1.82) is 0 Å². The fourth-order valence-corrected chi connectivity index (χ4v) is 6.03. The van der Waals surface area contributed by atoms with Gasteiger partial charge in [-0.3, -0.25) is 0 Å². The summed E-state index contributed by atoms with van der Waals surface area (Å²) in [5, 5.41) is 18.8. The standard InChI is InChI=1S/C16H18O4/c1-15-5-3-4-8(15)7-6-16(15,2)12-9(7)10(13(17)18)11(12)14(19)20/h3,5,7-9,12H,4,6H2,1-2H3,(H,17,18)(H,19,20). The van der Waals surface area contributed by atoms with E-state index in [1.807, 2.05) is 0 Å². The van der Waals surface area contributed by atoms with Gasteiger partial charge in [0.2, 0.25) is 0 Å². The Morgan fingerprint density at radius 2 is 1.85 bits per heavy atom. The topological polar surface area (TPSA) is 74.6 Å². The minimum absolute atomic E-state index is 0.0313. The van der Waals surface area contributed by atoms with Gasteiger partial charge in [-0.2, -0.15) is 0 Å². The SMILES string of the molecule is CC12C=CCC1C1CC2(C)C2C(C(=O)O)=C(C(=O)O)C12. The van der Waals surface area contributed by atoms with Crippen LogP contribution in [0.2, 0.25) is 0 Å². The average molecular weight is 274 g/mol. The Labute approximate surface area is 117 Å². The second-order valence-electron chi connectivity index (χ2n) is 7.25. The summed E-state index contributed by atoms with van der Waals surface area (Å²) in [7, 11) is 0. The van der Waals surface area contributed by atoms with Crippen molar-refractivity contribution in [2.45, 2.75) is 26.7 Å². The van der Waals surface area contributed by atoms with Crippen LogP contribution in [0.4, 0.5) is 0 Å². The van der Waals surface area contributed by atoms with Gasteiger partial charge in [-0.15, -0.1) is 0 Å². The molecule has 0 aromatic carbocycles. The highest BCUT2D eigenvalue weighted by Gasteiger charge is 2.75. The molecule has 6 unspecified atom stereocenters. The van der Waals surface area contributed by atoms with E-state index in [9.17, 15) is 19.8 Å². The molecule has 0 aromatic rings. The third-order valence-electron chi connectivity index (χ3n) is 6.93. The van der Waals surface area contributed by atoms with E-state index in [0.29, 0.717) is 11.8 Å². The van der Waals surface area contributed by atoms with E-state index in [0.717, 1.165) is 12.8 Å². The van der Waals surface area contributed by atoms with Gasteiger partial charge in [0.05, 0.1) is 11.1 Å². The lowest BCUT2D eigenvalue weighted by Gasteiger charge is -2.55. The van der Waals surface area contributed by atoms with Crippen LogP contribution in [0.25, 0.3) is 0 Å². The molecule has 2 N–H and O–H groups in total. The van der Waals surface area contributed by atoms with E-state index in [4.69, 9.17) is 0 Å². The zero-order chi connectivity index (χ0) is 14.4. The Kier molecular flexibility index (Phi) is 1.94. The predicted molar refractivity (Wildman–Crippen MR) is 70.8 cm³/mol. The molecule has 2 saturated carbocycles. The van der Waals surface area contributed by atoms with Gasteiger partial charge < -0.3 is 10.2 Å². The van der Waals surface area contributed by atoms with E-state index in [2.05, 4.69) is 26.0 Å². The van der Waals surface area contributed by atoms with Crippen LogP contribution in [0, 0.1) is 34.5 Å². The van der Waals surface area contributed by atoms with Gasteiger partial charge in [-0.05, 0) is 35.5 Å². The Bertz CT molecular complexity index is 616. The summed E-state index contributed by atoms with van der Waals surface area (Å²) in [5.41, 5.74) is 0.286. The van der Waals surface area contributed by atoms with Crippen LogP contribution in [0.15, 0.2) is 23.3 Å². The van der Waals surface area contributed by atoms with Crippen LogP contribution in [0.1, 0.15) is 26.7 Å². The molecule has 0 spiro atoms. The van der Waals surface area contributed by atoms with E-state index >= 15 is 0 Å². The fraction of sp³-hybridized carbons (Fsp3) is 0.625. The number of allylic oxidation sites excluding steroid dienone is 2. The highest BCUT2D eigenvalue weighted by molar-refractivity contribution is 6.03. The largest absolute Gasteiger partial charge is 0.478 e. The maximum absolute atomic E-state index is 11.5. The molecule has 0 amide bonds. The Hall–Kier alpha value is -1.58. The number of hydrogen-bond acceptors (Lipinski definition) is 2.